The number of nitrogens with zero attached hydrogens (tertiary/aromatic N) is 4. The van der Waals surface area contributed by atoms with Gasteiger partial charge in [0, 0.05) is 32.5 Å². The third-order valence-electron chi connectivity index (χ3n) is 3.48. The molecule has 1 aliphatic rings. The van der Waals surface area contributed by atoms with Crippen molar-refractivity contribution in [1.29, 1.82) is 5.26 Å². The summed E-state index contributed by atoms with van der Waals surface area (Å²) in [6.45, 7) is -3.70. The number of likely N-dealkylation sites (tertiary alicyclic amines) is 1. The lowest BCUT2D eigenvalue weighted by atomic mass is 10.0. The van der Waals surface area contributed by atoms with Crippen LogP contribution in [0, 0.1) is 17.1 Å². The van der Waals surface area contributed by atoms with E-state index in [0.717, 1.165) is 16.2 Å². The first-order chi connectivity index (χ1) is 17.9. The molecular weight excluding hydrogens is 385 g/mol. The van der Waals surface area contributed by atoms with Crippen LogP contribution < -0.4 is 5.31 Å². The van der Waals surface area contributed by atoms with E-state index in [9.17, 15) is 9.65 Å². The van der Waals surface area contributed by atoms with Gasteiger partial charge in [-0.15, -0.1) is 11.3 Å². The molecule has 2 aromatic heterocycles. The van der Waals surface area contributed by atoms with Gasteiger partial charge in [-0.25, -0.2) is 14.4 Å². The second kappa shape index (κ2) is 7.77. The van der Waals surface area contributed by atoms with Crippen LogP contribution in [-0.4, -0.2) is 34.0 Å². The molecule has 0 radical (unpaired) electrons. The van der Waals surface area contributed by atoms with Gasteiger partial charge in [-0.05, 0) is 36.4 Å². The predicted octanol–water partition coefficient (Wildman–Crippen LogP) is 4.43. The van der Waals surface area contributed by atoms with Crippen LogP contribution in [0.4, 0.5) is 10.2 Å². The van der Waals surface area contributed by atoms with Gasteiger partial charge in [0.25, 0.3) is 0 Å². The summed E-state index contributed by atoms with van der Waals surface area (Å²) in [6.07, 6.45) is -6.60. The fraction of sp³-hybridized carbons (Fsp3) is 0.316. The van der Waals surface area contributed by atoms with Crippen LogP contribution in [0.5, 0.6) is 0 Å². The van der Waals surface area contributed by atoms with Gasteiger partial charge in [-0.2, -0.15) is 5.26 Å². The third kappa shape index (κ3) is 4.03. The SMILES string of the molecule is [2H]c1nc(N([2H])C2([2H])C([2H])([2H])CN(C([2H])c3c([2H])c([2H])c(F)c(C#N)c3[2H])CC2([2H])[2H])c2c([2H])c(Cl)sc2n1. The van der Waals surface area contributed by atoms with E-state index in [1.165, 1.54) is 6.07 Å². The van der Waals surface area contributed by atoms with Gasteiger partial charge in [0.2, 0.25) is 0 Å². The second-order valence-corrected chi connectivity index (χ2v) is 6.87. The normalized spacial score (nSPS) is 28.2. The highest BCUT2D eigenvalue weighted by atomic mass is 35.5. The Bertz CT molecular complexity index is 1530. The van der Waals surface area contributed by atoms with E-state index in [4.69, 9.17) is 28.1 Å². The quantitative estimate of drug-likeness (QED) is 0.685. The minimum absolute atomic E-state index is 0.00684. The molecule has 0 spiro atoms. The number of benzene rings is 1. The van der Waals surface area contributed by atoms with E-state index in [0.29, 0.717) is 0 Å². The molecule has 1 unspecified atom stereocenters. The summed E-state index contributed by atoms with van der Waals surface area (Å²) >= 11 is 6.80. The van der Waals surface area contributed by atoms with Crippen molar-refractivity contribution in [3.8, 4) is 6.07 Å². The van der Waals surface area contributed by atoms with Crippen molar-refractivity contribution in [2.45, 2.75) is 25.3 Å². The van der Waals surface area contributed by atoms with Gasteiger partial charge in [0.05, 0.1) is 22.1 Å². The van der Waals surface area contributed by atoms with E-state index < -0.39 is 85.6 Å². The molecule has 0 bridgehead atoms. The van der Waals surface area contributed by atoms with Crippen LogP contribution in [0.2, 0.25) is 5.75 Å². The molecule has 3 heterocycles. The Hall–Kier alpha value is -2.27. The topological polar surface area (TPSA) is 64.8 Å². The molecule has 1 N–H and O–H groups in total. The molecule has 5 nitrogen and oxygen atoms in total. The summed E-state index contributed by atoms with van der Waals surface area (Å²) in [6, 6.07) is -4.84. The molecule has 0 saturated carbocycles. The average Bonchev–Trinajstić information content (AvgIpc) is 3.12. The van der Waals surface area contributed by atoms with Crippen molar-refractivity contribution in [1.82, 2.24) is 14.9 Å². The van der Waals surface area contributed by atoms with Crippen LogP contribution in [0.1, 0.15) is 39.0 Å². The Kier molecular flexibility index (Phi) is 2.54. The summed E-state index contributed by atoms with van der Waals surface area (Å²) in [7, 11) is 0. The van der Waals surface area contributed by atoms with Crippen molar-refractivity contribution in [2.75, 3.05) is 18.4 Å². The summed E-state index contributed by atoms with van der Waals surface area (Å²) < 4.78 is 115. The number of aromatic nitrogens is 2. The maximum atomic E-state index is 14.2. The van der Waals surface area contributed by atoms with E-state index in [-0.39, 0.29) is 25.9 Å². The summed E-state index contributed by atoms with van der Waals surface area (Å²) in [4.78, 5) is 8.44. The standard InChI is InChI=1S/C19H17ClFN5S/c20-17-8-15-18(23-11-24-19(15)27-17)25-14-3-5-26(6-4-14)10-12-1-2-16(21)13(7-12)9-22/h1-2,7-8,11,14H,3-6,10H2,(H,23,24,25)/i1D,2D,3D2,4D2,7D,8D,10D,11D,14D/hD. The van der Waals surface area contributed by atoms with Crippen molar-refractivity contribution < 1.29 is 20.9 Å². The van der Waals surface area contributed by atoms with Gasteiger partial charge in [0.1, 0.15) is 30.2 Å². The summed E-state index contributed by atoms with van der Waals surface area (Å²) in [5, 5.41) is 9.16. The molecule has 27 heavy (non-hydrogen) atoms. The minimum atomic E-state index is -3.08. The zero-order valence-corrected chi connectivity index (χ0v) is 15.0. The Balaban J connectivity index is 1.82. The number of rotatable bonds is 4. The first-order valence-corrected chi connectivity index (χ1v) is 8.68. The molecule has 138 valence electrons. The van der Waals surface area contributed by atoms with E-state index in [1.54, 1.807) is 0 Å². The van der Waals surface area contributed by atoms with Crippen LogP contribution in [-0.2, 0) is 6.52 Å². The van der Waals surface area contributed by atoms with Gasteiger partial charge in [-0.3, -0.25) is 4.90 Å². The summed E-state index contributed by atoms with van der Waals surface area (Å²) in [5.74, 6) is -2.01. The van der Waals surface area contributed by atoms with Crippen LogP contribution in [0.25, 0.3) is 10.2 Å². The number of thiophene rings is 1. The van der Waals surface area contributed by atoms with E-state index >= 15 is 0 Å². The molecule has 1 aromatic carbocycles. The number of fused-ring (bicyclic) bond motifs is 1. The Labute approximate surface area is 182 Å². The molecule has 0 amide bonds. The molecule has 0 aliphatic carbocycles. The lowest BCUT2D eigenvalue weighted by Crippen LogP contribution is -2.38. The molecule has 4 rings (SSSR count). The Morgan fingerprint density at radius 1 is 1.52 bits per heavy atom. The molecule has 8 heteroatoms. The molecule has 1 atom stereocenters. The van der Waals surface area contributed by atoms with Gasteiger partial charge < -0.3 is 5.31 Å². The Morgan fingerprint density at radius 3 is 3.11 bits per heavy atom. The highest BCUT2D eigenvalue weighted by Crippen LogP contribution is 2.32. The molecule has 3 aromatic rings. The number of halogens is 2. The Morgan fingerprint density at radius 2 is 2.33 bits per heavy atom. The van der Waals surface area contributed by atoms with Crippen LogP contribution in [0.15, 0.2) is 30.5 Å². The zero-order valence-electron chi connectivity index (χ0n) is 25.4. The molecule has 1 aliphatic heterocycles. The monoisotopic (exact) mass is 413 g/mol. The maximum absolute atomic E-state index is 14.2. The first kappa shape index (κ1) is 8.82. The lowest BCUT2D eigenvalue weighted by molar-refractivity contribution is 0.211. The molecule has 1 saturated heterocycles. The average molecular weight is 414 g/mol. The van der Waals surface area contributed by atoms with Crippen LogP contribution in [0.3, 0.4) is 0 Å². The largest absolute Gasteiger partial charge is 0.367 e. The van der Waals surface area contributed by atoms with Crippen molar-refractivity contribution >= 4 is 39.0 Å². The third-order valence-corrected chi connectivity index (χ3v) is 4.58. The fourth-order valence-corrected chi connectivity index (χ4v) is 3.24. The van der Waals surface area contributed by atoms with Gasteiger partial charge >= 0.3 is 0 Å². The number of nitrogens with one attached hydrogen (secondary N) is 1. The van der Waals surface area contributed by atoms with Crippen molar-refractivity contribution in [3.05, 3.63) is 51.8 Å². The smallest absolute Gasteiger partial charge is 0.162 e. The number of nitriles is 1. The number of hydrogen-bond acceptors (Lipinski definition) is 6. The molecule has 1 fully saturated rings. The lowest BCUT2D eigenvalue weighted by Gasteiger charge is -2.32. The number of piperidine rings is 1. The van der Waals surface area contributed by atoms with E-state index in [2.05, 4.69) is 9.97 Å². The predicted molar refractivity (Wildman–Crippen MR) is 105 cm³/mol. The van der Waals surface area contributed by atoms with Crippen molar-refractivity contribution in [3.63, 3.8) is 0 Å². The van der Waals surface area contributed by atoms with Gasteiger partial charge in [0.15, 0.2) is 1.41 Å². The zero-order chi connectivity index (χ0) is 29.4. The highest BCUT2D eigenvalue weighted by Gasteiger charge is 2.21. The maximum Gasteiger partial charge on any atom is 0.162 e. The fourth-order valence-electron chi connectivity index (χ4n) is 2.28. The molecular formula is C19H17ClFN5S. The summed E-state index contributed by atoms with van der Waals surface area (Å²) in [5.41, 5.74) is -1.51. The van der Waals surface area contributed by atoms with E-state index in [1.807, 2.05) is 0 Å². The second-order valence-electron chi connectivity index (χ2n) is 5.27. The highest BCUT2D eigenvalue weighted by molar-refractivity contribution is 7.22. The van der Waals surface area contributed by atoms with Crippen molar-refractivity contribution in [2.24, 2.45) is 0 Å². The first-order valence-electron chi connectivity index (χ1n) is 13.5. The van der Waals surface area contributed by atoms with Crippen LogP contribution >= 0.6 is 22.9 Å². The van der Waals surface area contributed by atoms with Gasteiger partial charge in [-0.1, -0.05) is 17.6 Å². The minimum Gasteiger partial charge on any atom is -0.367 e. The number of anilines is 1. The number of hydrogen-bond donors (Lipinski definition) is 1.